The van der Waals surface area contributed by atoms with Gasteiger partial charge in [0.15, 0.2) is 0 Å². The Morgan fingerprint density at radius 1 is 1.07 bits per heavy atom. The summed E-state index contributed by atoms with van der Waals surface area (Å²) in [7, 11) is 1.81. The molecule has 10 heteroatoms. The molecular weight excluding hydrogens is 568 g/mol. The van der Waals surface area contributed by atoms with Crippen molar-refractivity contribution >= 4 is 28.2 Å². The molecule has 240 valence electrons. The number of aromatic hydroxyl groups is 1. The number of hydrogen-bond acceptors (Lipinski definition) is 9. The van der Waals surface area contributed by atoms with Crippen molar-refractivity contribution in [3.05, 3.63) is 60.3 Å². The van der Waals surface area contributed by atoms with E-state index in [0.29, 0.717) is 38.7 Å². The highest BCUT2D eigenvalue weighted by Gasteiger charge is 2.30. The number of amides is 1. The van der Waals surface area contributed by atoms with Gasteiger partial charge in [-0.25, -0.2) is 0 Å². The first-order valence-electron chi connectivity index (χ1n) is 16.4. The molecule has 6 rings (SSSR count). The monoisotopic (exact) mass is 614 g/mol. The summed E-state index contributed by atoms with van der Waals surface area (Å²) >= 11 is 0. The van der Waals surface area contributed by atoms with Gasteiger partial charge in [-0.1, -0.05) is 43.7 Å². The summed E-state index contributed by atoms with van der Waals surface area (Å²) in [6.07, 6.45) is 7.01. The van der Waals surface area contributed by atoms with Crippen molar-refractivity contribution in [3.63, 3.8) is 0 Å². The zero-order chi connectivity index (χ0) is 31.3. The standard InChI is InChI=1S/C35H46N6O4/c1-4-33(43)39-16-18-40(19-17-39)34-30-13-15-41(32-21-27(42)20-26-10-7-8-12-29(26)32)24-31(30)36-35(37-34)45-25(2)22-38-14-9-5-6-11-28(23-38)44-3/h4,7-8,10,12,20-21,25,28,42H,1,5-6,9,11,13-19,22-24H2,2-3H3/t25-,28?/m1/s1. The van der Waals surface area contributed by atoms with Gasteiger partial charge in [0.25, 0.3) is 0 Å². The van der Waals surface area contributed by atoms with Gasteiger partial charge < -0.3 is 29.3 Å². The molecule has 0 spiro atoms. The molecule has 2 aromatic carbocycles. The highest BCUT2D eigenvalue weighted by molar-refractivity contribution is 5.95. The lowest BCUT2D eigenvalue weighted by Crippen LogP contribution is -2.49. The third-order valence-electron chi connectivity index (χ3n) is 9.37. The minimum Gasteiger partial charge on any atom is -0.508 e. The van der Waals surface area contributed by atoms with E-state index in [-0.39, 0.29) is 23.9 Å². The number of ether oxygens (including phenoxy) is 2. The minimum atomic E-state index is -0.107. The summed E-state index contributed by atoms with van der Waals surface area (Å²) in [5, 5.41) is 12.7. The van der Waals surface area contributed by atoms with Gasteiger partial charge >= 0.3 is 6.01 Å². The van der Waals surface area contributed by atoms with E-state index in [2.05, 4.69) is 34.3 Å². The molecule has 1 N–H and O–H groups in total. The van der Waals surface area contributed by atoms with E-state index in [0.717, 1.165) is 72.6 Å². The summed E-state index contributed by atoms with van der Waals surface area (Å²) in [5.74, 6) is 1.12. The van der Waals surface area contributed by atoms with E-state index in [4.69, 9.17) is 19.4 Å². The predicted molar refractivity (Wildman–Crippen MR) is 177 cm³/mol. The normalized spacial score (nSPS) is 20.3. The third-order valence-corrected chi connectivity index (χ3v) is 9.37. The largest absolute Gasteiger partial charge is 0.508 e. The van der Waals surface area contributed by atoms with Crippen molar-refractivity contribution in [1.82, 2.24) is 19.8 Å². The molecule has 2 fully saturated rings. The maximum atomic E-state index is 12.3. The van der Waals surface area contributed by atoms with E-state index in [1.54, 1.807) is 0 Å². The molecule has 3 aliphatic heterocycles. The lowest BCUT2D eigenvalue weighted by atomic mass is 10.0. The first-order chi connectivity index (χ1) is 21.9. The van der Waals surface area contributed by atoms with E-state index in [1.165, 1.54) is 25.3 Å². The van der Waals surface area contributed by atoms with Crippen molar-refractivity contribution in [2.75, 3.05) is 69.3 Å². The lowest BCUT2D eigenvalue weighted by molar-refractivity contribution is -0.126. The highest BCUT2D eigenvalue weighted by Crippen LogP contribution is 2.36. The van der Waals surface area contributed by atoms with Gasteiger partial charge in [-0.05, 0) is 50.3 Å². The Bertz CT molecular complexity index is 1510. The summed E-state index contributed by atoms with van der Waals surface area (Å²) in [4.78, 5) is 31.1. The molecule has 0 bridgehead atoms. The fraction of sp³-hybridized carbons (Fsp3) is 0.514. The molecule has 1 aromatic heterocycles. The van der Waals surface area contributed by atoms with Gasteiger partial charge in [-0.2, -0.15) is 9.97 Å². The predicted octanol–water partition coefficient (Wildman–Crippen LogP) is 4.39. The summed E-state index contributed by atoms with van der Waals surface area (Å²) in [5.41, 5.74) is 3.07. The van der Waals surface area contributed by atoms with Crippen LogP contribution >= 0.6 is 0 Å². The molecule has 45 heavy (non-hydrogen) atoms. The SMILES string of the molecule is C=CC(=O)N1CCN(c2nc(O[C@H](C)CN3CCCCCC(OC)C3)nc3c2CCN(c2cc(O)cc4ccccc24)C3)CC1. The second kappa shape index (κ2) is 14.0. The first-order valence-corrected chi connectivity index (χ1v) is 16.4. The number of carbonyl (C=O) groups is 1. The average Bonchev–Trinajstić information content (AvgIpc) is 3.04. The van der Waals surface area contributed by atoms with Crippen molar-refractivity contribution in [3.8, 4) is 11.8 Å². The molecule has 0 aliphatic carbocycles. The van der Waals surface area contributed by atoms with Gasteiger partial charge in [0.2, 0.25) is 5.91 Å². The number of rotatable bonds is 8. The second-order valence-electron chi connectivity index (χ2n) is 12.5. The minimum absolute atomic E-state index is 0.0360. The Kier molecular flexibility index (Phi) is 9.70. The summed E-state index contributed by atoms with van der Waals surface area (Å²) in [6.45, 7) is 12.4. The van der Waals surface area contributed by atoms with Crippen LogP contribution in [0.2, 0.25) is 0 Å². The quantitative estimate of drug-likeness (QED) is 0.371. The molecule has 2 saturated heterocycles. The van der Waals surface area contributed by atoms with Crippen LogP contribution in [0.4, 0.5) is 11.5 Å². The summed E-state index contributed by atoms with van der Waals surface area (Å²) in [6, 6.07) is 12.2. The van der Waals surface area contributed by atoms with Crippen molar-refractivity contribution < 1.29 is 19.4 Å². The van der Waals surface area contributed by atoms with Crippen LogP contribution < -0.4 is 14.5 Å². The Balaban J connectivity index is 1.27. The number of piperazine rings is 1. The molecule has 1 unspecified atom stereocenters. The molecule has 3 aliphatic rings. The van der Waals surface area contributed by atoms with Gasteiger partial charge in [0.1, 0.15) is 17.7 Å². The number of hydrogen-bond donors (Lipinski definition) is 1. The maximum absolute atomic E-state index is 12.3. The van der Waals surface area contributed by atoms with Crippen molar-refractivity contribution in [2.24, 2.45) is 0 Å². The fourth-order valence-corrected chi connectivity index (χ4v) is 7.01. The van der Waals surface area contributed by atoms with Crippen LogP contribution in [0.5, 0.6) is 11.8 Å². The molecule has 0 radical (unpaired) electrons. The number of phenols is 1. The second-order valence-corrected chi connectivity index (χ2v) is 12.5. The number of nitrogens with zero attached hydrogens (tertiary/aromatic N) is 6. The van der Waals surface area contributed by atoms with E-state index < -0.39 is 0 Å². The van der Waals surface area contributed by atoms with E-state index in [1.807, 2.05) is 42.3 Å². The average molecular weight is 615 g/mol. The van der Waals surface area contributed by atoms with Crippen molar-refractivity contribution in [2.45, 2.75) is 57.8 Å². The van der Waals surface area contributed by atoms with Crippen LogP contribution in [-0.2, 0) is 22.5 Å². The topological polar surface area (TPSA) is 94.5 Å². The smallest absolute Gasteiger partial charge is 0.318 e. The van der Waals surface area contributed by atoms with Crippen LogP contribution in [0, 0.1) is 0 Å². The summed E-state index contributed by atoms with van der Waals surface area (Å²) < 4.78 is 12.2. The number of fused-ring (bicyclic) bond motifs is 2. The van der Waals surface area contributed by atoms with Gasteiger partial charge in [0.05, 0.1) is 18.3 Å². The van der Waals surface area contributed by atoms with Gasteiger partial charge in [0, 0.05) is 75.6 Å². The molecule has 3 aromatic rings. The van der Waals surface area contributed by atoms with Crippen LogP contribution in [0.3, 0.4) is 0 Å². The number of phenolic OH excluding ortho intramolecular Hbond substituents is 1. The lowest BCUT2D eigenvalue weighted by Gasteiger charge is -2.38. The number of methoxy groups -OCH3 is 1. The molecule has 2 atom stereocenters. The van der Waals surface area contributed by atoms with Crippen molar-refractivity contribution in [1.29, 1.82) is 0 Å². The molecule has 0 saturated carbocycles. The zero-order valence-corrected chi connectivity index (χ0v) is 26.7. The van der Waals surface area contributed by atoms with E-state index in [9.17, 15) is 9.90 Å². The van der Waals surface area contributed by atoms with Gasteiger partial charge in [-0.15, -0.1) is 0 Å². The van der Waals surface area contributed by atoms with Crippen LogP contribution in [0.15, 0.2) is 49.1 Å². The molecule has 4 heterocycles. The molecular formula is C35H46N6O4. The fourth-order valence-electron chi connectivity index (χ4n) is 7.01. The van der Waals surface area contributed by atoms with Crippen LogP contribution in [0.1, 0.15) is 43.9 Å². The molecule has 1 amide bonds. The van der Waals surface area contributed by atoms with Crippen LogP contribution in [0.25, 0.3) is 10.8 Å². The van der Waals surface area contributed by atoms with Gasteiger partial charge in [-0.3, -0.25) is 9.69 Å². The Labute approximate surface area is 266 Å². The number of benzene rings is 2. The highest BCUT2D eigenvalue weighted by atomic mass is 16.5. The number of carbonyl (C=O) groups excluding carboxylic acids is 1. The third kappa shape index (κ3) is 7.17. The number of aromatic nitrogens is 2. The Morgan fingerprint density at radius 2 is 1.89 bits per heavy atom. The Hall–Kier alpha value is -3.89. The van der Waals surface area contributed by atoms with E-state index >= 15 is 0 Å². The Morgan fingerprint density at radius 3 is 2.69 bits per heavy atom. The van der Waals surface area contributed by atoms with Crippen LogP contribution in [-0.4, -0.2) is 102 Å². The zero-order valence-electron chi connectivity index (χ0n) is 26.7. The first kappa shape index (κ1) is 31.1. The number of anilines is 2. The maximum Gasteiger partial charge on any atom is 0.318 e. The number of likely N-dealkylation sites (tertiary alicyclic amines) is 1. The molecule has 10 nitrogen and oxygen atoms in total.